The Hall–Kier alpha value is -1.75. The molecule has 0 saturated carbocycles. The van der Waals surface area contributed by atoms with Crippen LogP contribution in [0.2, 0.25) is 0 Å². The van der Waals surface area contributed by atoms with Gasteiger partial charge < -0.3 is 20.3 Å². The first-order valence-corrected chi connectivity index (χ1v) is 14.6. The Morgan fingerprint density at radius 1 is 1.26 bits per heavy atom. The molecule has 0 unspecified atom stereocenters. The first-order chi connectivity index (χ1) is 16.8. The molecule has 2 fully saturated rings. The normalized spacial score (nSPS) is 24.1. The number of carbonyl (C=O) groups is 3. The Balaban J connectivity index is 1.38. The predicted octanol–water partition coefficient (Wildman–Crippen LogP) is 2.11. The van der Waals surface area contributed by atoms with Gasteiger partial charge in [-0.05, 0) is 56.9 Å². The SMILES string of the molecule is CSCC[C@H](NC(=O)[C@@H]1N2C(=O)c3ccccc3[C@H]2SC1(C)C)C(=O)NCCCN1CCOCC1. The molecule has 3 atom stereocenters. The van der Waals surface area contributed by atoms with Crippen molar-refractivity contribution in [2.45, 2.75) is 48.9 Å². The third-order valence-corrected chi connectivity index (χ3v) is 9.02. The van der Waals surface area contributed by atoms with Crippen LogP contribution in [0.1, 0.15) is 48.0 Å². The highest BCUT2D eigenvalue weighted by molar-refractivity contribution is 8.01. The standard InChI is InChI=1S/C25H36N4O4S2/c1-25(2)20(29-23(32)17-7-4-5-8-18(17)24(29)35-25)22(31)27-19(9-16-34-3)21(30)26-10-6-11-28-12-14-33-15-13-28/h4-5,7-8,19-20,24H,6,9-16H2,1-3H3,(H,26,30)(H,27,31)/t19-,20-,24+/m0/s1. The largest absolute Gasteiger partial charge is 0.379 e. The first-order valence-electron chi connectivity index (χ1n) is 12.3. The van der Waals surface area contributed by atoms with E-state index in [1.54, 1.807) is 28.4 Å². The number of hydrogen-bond donors (Lipinski definition) is 2. The quantitative estimate of drug-likeness (QED) is 0.457. The van der Waals surface area contributed by atoms with E-state index in [0.717, 1.165) is 50.6 Å². The maximum absolute atomic E-state index is 13.6. The second-order valence-electron chi connectivity index (χ2n) is 9.72. The second kappa shape index (κ2) is 11.5. The summed E-state index contributed by atoms with van der Waals surface area (Å²) >= 11 is 3.27. The topological polar surface area (TPSA) is 91.0 Å². The molecule has 4 rings (SSSR count). The van der Waals surface area contributed by atoms with Crippen molar-refractivity contribution in [2.75, 3.05) is 51.4 Å². The van der Waals surface area contributed by atoms with E-state index in [4.69, 9.17) is 4.74 Å². The number of nitrogens with zero attached hydrogens (tertiary/aromatic N) is 2. The summed E-state index contributed by atoms with van der Waals surface area (Å²) < 4.78 is 4.90. The molecule has 3 aliphatic heterocycles. The number of nitrogens with one attached hydrogen (secondary N) is 2. The predicted molar refractivity (Wildman–Crippen MR) is 141 cm³/mol. The molecule has 0 aromatic heterocycles. The molecule has 192 valence electrons. The Bertz CT molecular complexity index is 938. The lowest BCUT2D eigenvalue weighted by atomic mass is 10.00. The van der Waals surface area contributed by atoms with Crippen molar-refractivity contribution in [3.63, 3.8) is 0 Å². The maximum atomic E-state index is 13.6. The van der Waals surface area contributed by atoms with E-state index in [-0.39, 0.29) is 23.1 Å². The average Bonchev–Trinajstić information content (AvgIpc) is 3.28. The van der Waals surface area contributed by atoms with Gasteiger partial charge in [0, 0.05) is 29.9 Å². The monoisotopic (exact) mass is 520 g/mol. The van der Waals surface area contributed by atoms with Crippen molar-refractivity contribution in [2.24, 2.45) is 0 Å². The van der Waals surface area contributed by atoms with Crippen molar-refractivity contribution >= 4 is 41.2 Å². The van der Waals surface area contributed by atoms with Gasteiger partial charge in [0.05, 0.1) is 13.2 Å². The van der Waals surface area contributed by atoms with Crippen LogP contribution < -0.4 is 10.6 Å². The summed E-state index contributed by atoms with van der Waals surface area (Å²) in [5.74, 6) is 0.217. The summed E-state index contributed by atoms with van der Waals surface area (Å²) in [4.78, 5) is 43.9. The summed E-state index contributed by atoms with van der Waals surface area (Å²) in [6.45, 7) is 8.85. The summed E-state index contributed by atoms with van der Waals surface area (Å²) in [7, 11) is 0. The summed E-state index contributed by atoms with van der Waals surface area (Å²) in [5.41, 5.74) is 1.62. The van der Waals surface area contributed by atoms with Gasteiger partial charge in [0.2, 0.25) is 11.8 Å². The molecule has 2 N–H and O–H groups in total. The van der Waals surface area contributed by atoms with E-state index in [1.165, 1.54) is 0 Å². The van der Waals surface area contributed by atoms with E-state index in [1.807, 2.05) is 44.4 Å². The number of hydrogen-bond acceptors (Lipinski definition) is 7. The van der Waals surface area contributed by atoms with Gasteiger partial charge in [-0.3, -0.25) is 19.3 Å². The van der Waals surface area contributed by atoms with Crippen LogP contribution in [0.4, 0.5) is 0 Å². The van der Waals surface area contributed by atoms with E-state index >= 15 is 0 Å². The van der Waals surface area contributed by atoms with Gasteiger partial charge in [-0.1, -0.05) is 18.2 Å². The minimum Gasteiger partial charge on any atom is -0.379 e. The van der Waals surface area contributed by atoms with Crippen molar-refractivity contribution in [1.82, 2.24) is 20.4 Å². The zero-order chi connectivity index (χ0) is 25.0. The van der Waals surface area contributed by atoms with Gasteiger partial charge in [-0.15, -0.1) is 11.8 Å². The molecule has 1 aromatic rings. The van der Waals surface area contributed by atoms with Gasteiger partial charge >= 0.3 is 0 Å². The number of rotatable bonds is 10. The molecule has 0 bridgehead atoms. The second-order valence-corrected chi connectivity index (χ2v) is 12.4. The van der Waals surface area contributed by atoms with Crippen molar-refractivity contribution in [1.29, 1.82) is 0 Å². The minimum atomic E-state index is -0.650. The molecule has 3 aliphatic rings. The molecule has 0 aliphatic carbocycles. The molecule has 1 aromatic carbocycles. The van der Waals surface area contributed by atoms with Crippen molar-refractivity contribution in [3.8, 4) is 0 Å². The van der Waals surface area contributed by atoms with E-state index < -0.39 is 16.8 Å². The average molecular weight is 521 g/mol. The summed E-state index contributed by atoms with van der Waals surface area (Å²) in [5, 5.41) is 5.83. The Morgan fingerprint density at radius 2 is 2.00 bits per heavy atom. The smallest absolute Gasteiger partial charge is 0.256 e. The van der Waals surface area contributed by atoms with Crippen LogP contribution in [0.15, 0.2) is 24.3 Å². The Labute approximate surface area is 216 Å². The molecular weight excluding hydrogens is 484 g/mol. The molecule has 8 nitrogen and oxygen atoms in total. The lowest BCUT2D eigenvalue weighted by molar-refractivity contribution is -0.131. The van der Waals surface area contributed by atoms with E-state index in [0.29, 0.717) is 18.5 Å². The zero-order valence-corrected chi connectivity index (χ0v) is 22.4. The fraction of sp³-hybridized carbons (Fsp3) is 0.640. The maximum Gasteiger partial charge on any atom is 0.256 e. The van der Waals surface area contributed by atoms with Gasteiger partial charge in [-0.2, -0.15) is 11.8 Å². The highest BCUT2D eigenvalue weighted by Gasteiger charge is 2.57. The van der Waals surface area contributed by atoms with Crippen LogP contribution in [-0.4, -0.2) is 95.8 Å². The van der Waals surface area contributed by atoms with Crippen LogP contribution >= 0.6 is 23.5 Å². The number of fused-ring (bicyclic) bond motifs is 3. The number of carbonyl (C=O) groups excluding carboxylic acids is 3. The molecule has 2 saturated heterocycles. The molecule has 0 spiro atoms. The number of thioether (sulfide) groups is 2. The number of benzene rings is 1. The number of ether oxygens (including phenoxy) is 1. The van der Waals surface area contributed by atoms with Gasteiger partial charge in [-0.25, -0.2) is 0 Å². The highest BCUT2D eigenvalue weighted by atomic mass is 32.2. The van der Waals surface area contributed by atoms with Crippen LogP contribution in [0, 0.1) is 0 Å². The Kier molecular flexibility index (Phi) is 8.67. The summed E-state index contributed by atoms with van der Waals surface area (Å²) in [6.07, 6.45) is 3.38. The fourth-order valence-corrected chi connectivity index (χ4v) is 7.08. The van der Waals surface area contributed by atoms with Crippen LogP contribution in [0.25, 0.3) is 0 Å². The van der Waals surface area contributed by atoms with Gasteiger partial charge in [0.1, 0.15) is 17.5 Å². The summed E-state index contributed by atoms with van der Waals surface area (Å²) in [6, 6.07) is 6.29. The minimum absolute atomic E-state index is 0.114. The fourth-order valence-electron chi connectivity index (χ4n) is 5.02. The van der Waals surface area contributed by atoms with Crippen LogP contribution in [0.5, 0.6) is 0 Å². The highest BCUT2D eigenvalue weighted by Crippen LogP contribution is 2.56. The lowest BCUT2D eigenvalue weighted by Gasteiger charge is -2.31. The van der Waals surface area contributed by atoms with Gasteiger partial charge in [0.15, 0.2) is 0 Å². The third-order valence-electron chi connectivity index (χ3n) is 6.84. The van der Waals surface area contributed by atoms with Crippen molar-refractivity contribution < 1.29 is 19.1 Å². The molecule has 3 heterocycles. The van der Waals surface area contributed by atoms with E-state index in [2.05, 4.69) is 15.5 Å². The lowest BCUT2D eigenvalue weighted by Crippen LogP contribution is -2.57. The zero-order valence-electron chi connectivity index (χ0n) is 20.7. The molecule has 3 amide bonds. The van der Waals surface area contributed by atoms with Gasteiger partial charge in [0.25, 0.3) is 5.91 Å². The van der Waals surface area contributed by atoms with Crippen LogP contribution in [0.3, 0.4) is 0 Å². The first kappa shape index (κ1) is 26.3. The van der Waals surface area contributed by atoms with Crippen molar-refractivity contribution in [3.05, 3.63) is 35.4 Å². The molecule has 35 heavy (non-hydrogen) atoms. The number of amides is 3. The molecule has 10 heteroatoms. The number of morpholine rings is 1. The third kappa shape index (κ3) is 5.81. The van der Waals surface area contributed by atoms with E-state index in [9.17, 15) is 14.4 Å². The molecule has 0 radical (unpaired) electrons. The Morgan fingerprint density at radius 3 is 2.74 bits per heavy atom. The molecular formula is C25H36N4O4S2. The van der Waals surface area contributed by atoms with Crippen LogP contribution in [-0.2, 0) is 14.3 Å².